The van der Waals surface area contributed by atoms with Gasteiger partial charge in [-0.15, -0.1) is 0 Å². The van der Waals surface area contributed by atoms with E-state index < -0.39 is 6.23 Å². The standard InChI is InChI=1S/C21H24BrN5O2/c1-12-18(11-16-15-10-14(22)4-5-17(15)27-20(16)28)26-13(2)19(12)21(29)25-9-8-24-7-3-6-23/h4-5,10-11,21,24-26,29H,3,7-9H2,1-2H3,(H,27,28)/b16-11-. The zero-order valence-corrected chi connectivity index (χ0v) is 18.0. The van der Waals surface area contributed by atoms with Gasteiger partial charge in [0.25, 0.3) is 5.91 Å². The summed E-state index contributed by atoms with van der Waals surface area (Å²) >= 11 is 3.45. The van der Waals surface area contributed by atoms with Gasteiger partial charge in [-0.05, 0) is 43.7 Å². The fourth-order valence-corrected chi connectivity index (χ4v) is 3.82. The largest absolute Gasteiger partial charge is 0.374 e. The summed E-state index contributed by atoms with van der Waals surface area (Å²) in [7, 11) is 0. The molecule has 0 saturated carbocycles. The second-order valence-corrected chi connectivity index (χ2v) is 7.83. The highest BCUT2D eigenvalue weighted by molar-refractivity contribution is 9.10. The number of benzene rings is 1. The molecule has 0 bridgehead atoms. The maximum absolute atomic E-state index is 12.4. The van der Waals surface area contributed by atoms with Gasteiger partial charge >= 0.3 is 0 Å². The number of fused-ring (bicyclic) bond motifs is 1. The minimum absolute atomic E-state index is 0.145. The molecule has 0 radical (unpaired) electrons. The van der Waals surface area contributed by atoms with Crippen LogP contribution in [0.15, 0.2) is 22.7 Å². The molecule has 0 spiro atoms. The Labute approximate surface area is 178 Å². The third-order valence-electron chi connectivity index (χ3n) is 4.91. The fraction of sp³-hybridized carbons (Fsp3) is 0.333. The average molecular weight is 458 g/mol. The van der Waals surface area contributed by atoms with Crippen molar-refractivity contribution >= 4 is 39.2 Å². The number of H-pyrrole nitrogens is 1. The quantitative estimate of drug-likeness (QED) is 0.237. The molecule has 1 amide bonds. The van der Waals surface area contributed by atoms with Crippen LogP contribution in [0.3, 0.4) is 0 Å². The van der Waals surface area contributed by atoms with Crippen molar-refractivity contribution < 1.29 is 9.90 Å². The van der Waals surface area contributed by atoms with Crippen molar-refractivity contribution in [2.45, 2.75) is 26.5 Å². The van der Waals surface area contributed by atoms with Crippen LogP contribution in [0, 0.1) is 25.2 Å². The number of halogens is 1. The van der Waals surface area contributed by atoms with Crippen LogP contribution in [0.4, 0.5) is 5.69 Å². The summed E-state index contributed by atoms with van der Waals surface area (Å²) in [6, 6.07) is 7.76. The molecule has 1 aliphatic heterocycles. The summed E-state index contributed by atoms with van der Waals surface area (Å²) in [5.74, 6) is -0.145. The number of aromatic nitrogens is 1. The van der Waals surface area contributed by atoms with Gasteiger partial charge in [-0.2, -0.15) is 5.26 Å². The number of aliphatic hydroxyl groups excluding tert-OH is 1. The predicted octanol–water partition coefficient (Wildman–Crippen LogP) is 2.97. The molecule has 2 aromatic rings. The number of rotatable bonds is 8. The van der Waals surface area contributed by atoms with Crippen molar-refractivity contribution in [1.82, 2.24) is 15.6 Å². The first kappa shape index (κ1) is 21.3. The first-order valence-corrected chi connectivity index (χ1v) is 10.2. The van der Waals surface area contributed by atoms with E-state index in [2.05, 4.69) is 42.9 Å². The minimum atomic E-state index is -0.824. The lowest BCUT2D eigenvalue weighted by atomic mass is 10.0. The molecule has 0 aliphatic carbocycles. The smallest absolute Gasteiger partial charge is 0.256 e. The van der Waals surface area contributed by atoms with E-state index in [1.807, 2.05) is 38.1 Å². The molecule has 0 fully saturated rings. The molecular formula is C21H24BrN5O2. The second kappa shape index (κ2) is 9.37. The van der Waals surface area contributed by atoms with Crippen LogP contribution >= 0.6 is 15.9 Å². The van der Waals surface area contributed by atoms with Crippen molar-refractivity contribution in [3.05, 3.63) is 50.8 Å². The topological polar surface area (TPSA) is 113 Å². The molecule has 5 N–H and O–H groups in total. The first-order chi connectivity index (χ1) is 13.9. The Morgan fingerprint density at radius 3 is 2.86 bits per heavy atom. The SMILES string of the molecule is Cc1[nH]c(/C=C2\C(=O)Nc3ccc(Br)cc32)c(C)c1C(O)NCCNCCC#N. The number of nitrogens with zero attached hydrogens (tertiary/aromatic N) is 1. The van der Waals surface area contributed by atoms with E-state index in [0.29, 0.717) is 31.6 Å². The highest BCUT2D eigenvalue weighted by Gasteiger charge is 2.25. The number of aromatic amines is 1. The van der Waals surface area contributed by atoms with Gasteiger partial charge in [0, 0.05) is 58.7 Å². The second-order valence-electron chi connectivity index (χ2n) is 6.92. The molecule has 152 valence electrons. The normalized spacial score (nSPS) is 15.3. The van der Waals surface area contributed by atoms with Crippen molar-refractivity contribution in [2.75, 3.05) is 25.0 Å². The van der Waals surface area contributed by atoms with Gasteiger partial charge in [0.2, 0.25) is 0 Å². The van der Waals surface area contributed by atoms with Crippen LogP contribution in [0.2, 0.25) is 0 Å². The molecule has 1 atom stereocenters. The van der Waals surface area contributed by atoms with Gasteiger partial charge in [-0.3, -0.25) is 10.1 Å². The lowest BCUT2D eigenvalue weighted by Crippen LogP contribution is -2.31. The Bertz CT molecular complexity index is 990. The van der Waals surface area contributed by atoms with Gasteiger partial charge in [0.1, 0.15) is 6.23 Å². The molecule has 2 heterocycles. The number of nitriles is 1. The molecule has 7 nitrogen and oxygen atoms in total. The van der Waals surface area contributed by atoms with Crippen LogP contribution in [-0.2, 0) is 4.79 Å². The fourth-order valence-electron chi connectivity index (χ4n) is 3.46. The highest BCUT2D eigenvalue weighted by Crippen LogP contribution is 2.36. The number of aryl methyl sites for hydroxylation is 1. The van der Waals surface area contributed by atoms with Gasteiger partial charge in [-0.1, -0.05) is 15.9 Å². The van der Waals surface area contributed by atoms with Gasteiger partial charge < -0.3 is 20.7 Å². The maximum Gasteiger partial charge on any atom is 0.256 e. The number of carbonyl (C=O) groups excluding carboxylic acids is 1. The summed E-state index contributed by atoms with van der Waals surface area (Å²) in [5.41, 5.74) is 5.53. The number of hydrogen-bond acceptors (Lipinski definition) is 5. The summed E-state index contributed by atoms with van der Waals surface area (Å²) in [6.45, 7) is 5.68. The number of carbonyl (C=O) groups is 1. The Kier molecular flexibility index (Phi) is 6.87. The zero-order chi connectivity index (χ0) is 21.0. The van der Waals surface area contributed by atoms with Crippen molar-refractivity contribution in [3.63, 3.8) is 0 Å². The molecule has 1 aromatic carbocycles. The number of hydrogen-bond donors (Lipinski definition) is 5. The van der Waals surface area contributed by atoms with Crippen LogP contribution in [0.25, 0.3) is 11.6 Å². The molecule has 1 aliphatic rings. The number of nitrogens with one attached hydrogen (secondary N) is 4. The van der Waals surface area contributed by atoms with Gasteiger partial charge in [-0.25, -0.2) is 0 Å². The predicted molar refractivity (Wildman–Crippen MR) is 117 cm³/mol. The molecule has 1 unspecified atom stereocenters. The van der Waals surface area contributed by atoms with E-state index in [1.165, 1.54) is 0 Å². The molecular weight excluding hydrogens is 434 g/mol. The van der Waals surface area contributed by atoms with E-state index in [9.17, 15) is 9.90 Å². The van der Waals surface area contributed by atoms with E-state index in [1.54, 1.807) is 0 Å². The van der Waals surface area contributed by atoms with Crippen LogP contribution in [-0.4, -0.2) is 35.6 Å². The number of amides is 1. The van der Waals surface area contributed by atoms with Crippen LogP contribution in [0.5, 0.6) is 0 Å². The van der Waals surface area contributed by atoms with E-state index >= 15 is 0 Å². The van der Waals surface area contributed by atoms with Crippen molar-refractivity contribution in [3.8, 4) is 6.07 Å². The first-order valence-electron chi connectivity index (χ1n) is 9.43. The third kappa shape index (κ3) is 4.77. The van der Waals surface area contributed by atoms with E-state index in [0.717, 1.165) is 38.2 Å². The number of anilines is 1. The Balaban J connectivity index is 1.77. The Morgan fingerprint density at radius 2 is 2.10 bits per heavy atom. The molecule has 1 aromatic heterocycles. The average Bonchev–Trinajstić information content (AvgIpc) is 3.14. The van der Waals surface area contributed by atoms with Gasteiger partial charge in [0.15, 0.2) is 0 Å². The maximum atomic E-state index is 12.4. The van der Waals surface area contributed by atoms with Crippen LogP contribution in [0.1, 0.15) is 40.7 Å². The molecule has 29 heavy (non-hydrogen) atoms. The summed E-state index contributed by atoms with van der Waals surface area (Å²) < 4.78 is 0.904. The minimum Gasteiger partial charge on any atom is -0.374 e. The molecule has 8 heteroatoms. The van der Waals surface area contributed by atoms with Crippen molar-refractivity contribution in [1.29, 1.82) is 5.26 Å². The lowest BCUT2D eigenvalue weighted by molar-refractivity contribution is -0.110. The summed E-state index contributed by atoms with van der Waals surface area (Å²) in [4.78, 5) is 15.7. The summed E-state index contributed by atoms with van der Waals surface area (Å²) in [5, 5.41) is 28.2. The molecule has 3 rings (SSSR count). The lowest BCUT2D eigenvalue weighted by Gasteiger charge is -2.14. The Morgan fingerprint density at radius 1 is 1.31 bits per heavy atom. The van der Waals surface area contributed by atoms with E-state index in [4.69, 9.17) is 5.26 Å². The Hall–Kier alpha value is -2.44. The van der Waals surface area contributed by atoms with Crippen LogP contribution < -0.4 is 16.0 Å². The van der Waals surface area contributed by atoms with E-state index in [-0.39, 0.29) is 5.91 Å². The molecule has 0 saturated heterocycles. The van der Waals surface area contributed by atoms with Crippen molar-refractivity contribution in [2.24, 2.45) is 0 Å². The zero-order valence-electron chi connectivity index (χ0n) is 16.4. The van der Waals surface area contributed by atoms with Gasteiger partial charge in [0.05, 0.1) is 11.6 Å². The third-order valence-corrected chi connectivity index (χ3v) is 5.41. The monoisotopic (exact) mass is 457 g/mol. The number of aliphatic hydroxyl groups is 1. The highest BCUT2D eigenvalue weighted by atomic mass is 79.9. The summed E-state index contributed by atoms with van der Waals surface area (Å²) in [6.07, 6.45) is 1.47.